The van der Waals surface area contributed by atoms with E-state index in [1.165, 1.54) is 38.9 Å². The van der Waals surface area contributed by atoms with Gasteiger partial charge in [0, 0.05) is 16.7 Å². The van der Waals surface area contributed by atoms with Crippen molar-refractivity contribution in [3.8, 4) is 78.4 Å². The highest BCUT2D eigenvalue weighted by atomic mass is 14.9. The van der Waals surface area contributed by atoms with Gasteiger partial charge < -0.3 is 0 Å². The smallest absolute Gasteiger partial charge is 0.195 e. The Hall–Kier alpha value is -7.67. The average Bonchev–Trinajstić information content (AvgIpc) is 3.77. The molecule has 0 radical (unpaired) electrons. The lowest BCUT2D eigenvalue weighted by molar-refractivity contribution is 0.794. The molecule has 0 aliphatic heterocycles. The van der Waals surface area contributed by atoms with Gasteiger partial charge in [0.25, 0.3) is 0 Å². The van der Waals surface area contributed by atoms with E-state index >= 15 is 0 Å². The molecule has 3 nitrogen and oxygen atoms in total. The Morgan fingerprint density at radius 3 is 1.54 bits per heavy atom. The number of rotatable bonds is 5. The van der Waals surface area contributed by atoms with Crippen LogP contribution in [0, 0.1) is 6.57 Å². The lowest BCUT2D eigenvalue weighted by Crippen LogP contribution is -2.25. The minimum absolute atomic E-state index is 0.497. The lowest BCUT2D eigenvalue weighted by atomic mass is 9.70. The van der Waals surface area contributed by atoms with Crippen LogP contribution < -0.4 is 0 Å². The maximum atomic E-state index is 8.27. The summed E-state index contributed by atoms with van der Waals surface area (Å²) in [6.45, 7) is 8.27. The summed E-state index contributed by atoms with van der Waals surface area (Å²) in [4.78, 5) is 14.3. The second kappa shape index (κ2) is 13.0. The monoisotopic (exact) mass is 723 g/mol. The summed E-state index contributed by atoms with van der Waals surface area (Å²) in [5, 5.41) is 0. The quantitative estimate of drug-likeness (QED) is 0.166. The summed E-state index contributed by atoms with van der Waals surface area (Å²) in [6, 6.07) is 70.6. The van der Waals surface area contributed by atoms with Gasteiger partial charge >= 0.3 is 0 Å². The molecule has 264 valence electrons. The zero-order chi connectivity index (χ0) is 37.9. The van der Waals surface area contributed by atoms with Crippen molar-refractivity contribution in [3.63, 3.8) is 0 Å². The molecule has 2 aliphatic rings. The highest BCUT2D eigenvalue weighted by Gasteiger charge is 2.51. The zero-order valence-electron chi connectivity index (χ0n) is 30.9. The van der Waals surface area contributed by atoms with Crippen molar-refractivity contribution in [2.45, 2.75) is 5.41 Å². The summed E-state index contributed by atoms with van der Waals surface area (Å²) in [6.07, 6.45) is 0. The Bertz CT molecular complexity index is 3020. The van der Waals surface area contributed by atoms with Gasteiger partial charge in [-0.25, -0.2) is 14.8 Å². The van der Waals surface area contributed by atoms with E-state index in [-0.39, 0.29) is 0 Å². The van der Waals surface area contributed by atoms with Crippen LogP contribution in [0.2, 0.25) is 0 Å². The van der Waals surface area contributed by atoms with Gasteiger partial charge in [0.2, 0.25) is 0 Å². The fraction of sp³-hybridized carbons (Fsp3) is 0.0185. The van der Waals surface area contributed by atoms with Crippen LogP contribution in [-0.4, -0.2) is 9.97 Å². The molecule has 0 bridgehead atoms. The minimum Gasteiger partial charge on any atom is -0.238 e. The van der Waals surface area contributed by atoms with Gasteiger partial charge in [-0.3, -0.25) is 0 Å². The van der Waals surface area contributed by atoms with Crippen LogP contribution in [0.25, 0.3) is 83.3 Å². The first kappa shape index (κ1) is 32.7. The molecular formula is C54H33N3. The van der Waals surface area contributed by atoms with Crippen LogP contribution in [0.4, 0.5) is 5.69 Å². The fourth-order valence-corrected chi connectivity index (χ4v) is 9.23. The maximum Gasteiger partial charge on any atom is 0.195 e. The fourth-order valence-electron chi connectivity index (χ4n) is 9.23. The van der Waals surface area contributed by atoms with Crippen LogP contribution in [0.1, 0.15) is 22.3 Å². The van der Waals surface area contributed by atoms with Crippen LogP contribution in [0.15, 0.2) is 200 Å². The van der Waals surface area contributed by atoms with E-state index in [9.17, 15) is 0 Å². The Morgan fingerprint density at radius 1 is 0.351 bits per heavy atom. The van der Waals surface area contributed by atoms with Crippen LogP contribution in [0.3, 0.4) is 0 Å². The van der Waals surface area contributed by atoms with E-state index in [1.54, 1.807) is 0 Å². The number of aromatic nitrogens is 2. The first-order valence-electron chi connectivity index (χ1n) is 19.3. The Kier molecular flexibility index (Phi) is 7.45. The van der Waals surface area contributed by atoms with Crippen molar-refractivity contribution in [1.82, 2.24) is 9.97 Å². The summed E-state index contributed by atoms with van der Waals surface area (Å²) in [5.74, 6) is 0.684. The molecule has 0 unspecified atom stereocenters. The molecular weight excluding hydrogens is 691 g/mol. The molecule has 0 amide bonds. The molecule has 0 atom stereocenters. The van der Waals surface area contributed by atoms with Gasteiger partial charge in [0.15, 0.2) is 11.5 Å². The molecule has 1 aromatic heterocycles. The van der Waals surface area contributed by atoms with Crippen LogP contribution in [0.5, 0.6) is 0 Å². The zero-order valence-corrected chi connectivity index (χ0v) is 30.9. The molecule has 1 heterocycles. The highest BCUT2D eigenvalue weighted by molar-refractivity contribution is 6.00. The molecule has 3 heteroatoms. The molecule has 0 fully saturated rings. The number of fused-ring (bicyclic) bond motifs is 10. The first-order valence-corrected chi connectivity index (χ1v) is 19.3. The predicted octanol–water partition coefficient (Wildman–Crippen LogP) is 13.7. The molecule has 1 spiro atoms. The molecule has 9 aromatic rings. The Morgan fingerprint density at radius 2 is 0.842 bits per heavy atom. The van der Waals surface area contributed by atoms with E-state index in [4.69, 9.17) is 16.5 Å². The maximum absolute atomic E-state index is 8.27. The van der Waals surface area contributed by atoms with Gasteiger partial charge in [0.05, 0.1) is 23.4 Å². The van der Waals surface area contributed by atoms with Crippen LogP contribution in [-0.2, 0) is 5.41 Å². The normalized spacial score (nSPS) is 12.7. The van der Waals surface area contributed by atoms with E-state index in [1.807, 2.05) is 36.4 Å². The van der Waals surface area contributed by atoms with E-state index in [0.29, 0.717) is 11.5 Å². The summed E-state index contributed by atoms with van der Waals surface area (Å²) in [5.41, 5.74) is 19.0. The number of hydrogen-bond donors (Lipinski definition) is 0. The molecule has 0 saturated heterocycles. The van der Waals surface area contributed by atoms with Gasteiger partial charge in [-0.15, -0.1) is 0 Å². The third-order valence-electron chi connectivity index (χ3n) is 11.7. The van der Waals surface area contributed by atoms with Gasteiger partial charge in [-0.05, 0) is 85.0 Å². The van der Waals surface area contributed by atoms with Crippen molar-refractivity contribution < 1.29 is 0 Å². The van der Waals surface area contributed by atoms with Gasteiger partial charge in [-0.1, -0.05) is 182 Å². The van der Waals surface area contributed by atoms with Crippen LogP contribution >= 0.6 is 0 Å². The summed E-state index contributed by atoms with van der Waals surface area (Å²) < 4.78 is 0. The molecule has 2 aliphatic carbocycles. The van der Waals surface area contributed by atoms with Crippen molar-refractivity contribution in [2.24, 2.45) is 0 Å². The van der Waals surface area contributed by atoms with Crippen molar-refractivity contribution >= 4 is 5.69 Å². The Labute approximate surface area is 332 Å². The predicted molar refractivity (Wildman–Crippen MR) is 232 cm³/mol. The average molecular weight is 724 g/mol. The van der Waals surface area contributed by atoms with Gasteiger partial charge in [0.1, 0.15) is 0 Å². The molecule has 11 rings (SSSR count). The standard InChI is InChI=1S/C54H33N3/c1-55-49-25-13-24-48-52(49)44-33-40(30-31-47(44)54(48)45-22-10-8-20-42(45)43-21-9-11-23-46(43)54)39-18-12-19-41(32-39)51-34-50(56-53(57-51)38-16-6-3-7-17-38)37-28-26-36(27-29-37)35-14-4-2-5-15-35/h2-34H. The SMILES string of the molecule is [C-]#[N+]c1cccc2c1-c1cc(-c3cccc(-c4cc(-c5ccc(-c6ccccc6)cc5)nc(-c5ccccc5)n4)c3)ccc1C21c2ccccc2-c2ccccc21. The van der Waals surface area contributed by atoms with E-state index in [0.717, 1.165) is 55.9 Å². The highest BCUT2D eigenvalue weighted by Crippen LogP contribution is 2.64. The molecule has 57 heavy (non-hydrogen) atoms. The number of benzene rings is 8. The van der Waals surface area contributed by atoms with Crippen molar-refractivity contribution in [1.29, 1.82) is 0 Å². The number of nitrogens with zero attached hydrogens (tertiary/aromatic N) is 3. The third kappa shape index (κ3) is 5.05. The van der Waals surface area contributed by atoms with Crippen molar-refractivity contribution in [3.05, 3.63) is 234 Å². The molecule has 0 saturated carbocycles. The third-order valence-corrected chi connectivity index (χ3v) is 11.7. The second-order valence-electron chi connectivity index (χ2n) is 14.8. The molecule has 8 aromatic carbocycles. The number of hydrogen-bond acceptors (Lipinski definition) is 2. The topological polar surface area (TPSA) is 30.1 Å². The lowest BCUT2D eigenvalue weighted by Gasteiger charge is -2.30. The minimum atomic E-state index is -0.497. The second-order valence-corrected chi connectivity index (χ2v) is 14.8. The van der Waals surface area contributed by atoms with E-state index in [2.05, 4.69) is 169 Å². The summed E-state index contributed by atoms with van der Waals surface area (Å²) >= 11 is 0. The first-order chi connectivity index (χ1) is 28.2. The summed E-state index contributed by atoms with van der Waals surface area (Å²) in [7, 11) is 0. The largest absolute Gasteiger partial charge is 0.238 e. The van der Waals surface area contributed by atoms with Gasteiger partial charge in [-0.2, -0.15) is 0 Å². The molecule has 0 N–H and O–H groups in total. The van der Waals surface area contributed by atoms with E-state index < -0.39 is 5.41 Å². The van der Waals surface area contributed by atoms with Crippen molar-refractivity contribution in [2.75, 3.05) is 0 Å². The Balaban J connectivity index is 1.05.